The maximum Gasteiger partial charge on any atom is 0.287 e. The first-order valence-corrected chi connectivity index (χ1v) is 11.5. The molecule has 0 radical (unpaired) electrons. The van der Waals surface area contributed by atoms with E-state index in [2.05, 4.69) is 15.7 Å². The van der Waals surface area contributed by atoms with Crippen LogP contribution in [0.25, 0.3) is 10.8 Å². The molecule has 2 aromatic heterocycles. The van der Waals surface area contributed by atoms with Gasteiger partial charge in [0.25, 0.3) is 5.91 Å². The van der Waals surface area contributed by atoms with Crippen LogP contribution in [0.4, 0.5) is 5.69 Å². The third-order valence-corrected chi connectivity index (χ3v) is 5.52. The summed E-state index contributed by atoms with van der Waals surface area (Å²) in [7, 11) is 0. The molecule has 0 saturated carbocycles. The molecule has 0 aliphatic carbocycles. The number of carbonyl (C=O) groups excluding carboxylic acids is 2. The van der Waals surface area contributed by atoms with E-state index >= 15 is 0 Å². The van der Waals surface area contributed by atoms with Crippen molar-refractivity contribution in [2.75, 3.05) is 5.32 Å². The predicted octanol–water partition coefficient (Wildman–Crippen LogP) is 4.78. The molecule has 0 aliphatic rings. The molecule has 5 aromatic rings. The Balaban J connectivity index is 1.12. The molecule has 0 unspecified atom stereocenters. The first-order chi connectivity index (χ1) is 17.6. The minimum Gasteiger partial charge on any atom is -0.486 e. The zero-order valence-corrected chi connectivity index (χ0v) is 19.4. The van der Waals surface area contributed by atoms with Gasteiger partial charge in [0.05, 0.1) is 0 Å². The van der Waals surface area contributed by atoms with Gasteiger partial charge in [-0.15, -0.1) is 0 Å². The smallest absolute Gasteiger partial charge is 0.287 e. The zero-order valence-electron chi connectivity index (χ0n) is 19.4. The number of ether oxygens (including phenoxy) is 1. The number of nitrogens with zero attached hydrogens (tertiary/aromatic N) is 2. The number of fused-ring (bicyclic) bond motifs is 1. The van der Waals surface area contributed by atoms with Gasteiger partial charge in [-0.25, -0.2) is 0 Å². The lowest BCUT2D eigenvalue weighted by Crippen LogP contribution is -2.22. The van der Waals surface area contributed by atoms with E-state index in [4.69, 9.17) is 9.15 Å². The number of anilines is 1. The lowest BCUT2D eigenvalue weighted by atomic mass is 10.1. The Morgan fingerprint density at radius 1 is 0.917 bits per heavy atom. The number of aromatic nitrogens is 2. The molecule has 8 nitrogen and oxygen atoms in total. The van der Waals surface area contributed by atoms with Crippen LogP contribution in [-0.2, 0) is 24.5 Å². The molecule has 0 spiro atoms. The molecule has 0 atom stereocenters. The van der Waals surface area contributed by atoms with Gasteiger partial charge in [0, 0.05) is 24.6 Å². The van der Waals surface area contributed by atoms with Crippen LogP contribution >= 0.6 is 0 Å². The maximum absolute atomic E-state index is 12.6. The summed E-state index contributed by atoms with van der Waals surface area (Å²) >= 11 is 0. The molecule has 2 heterocycles. The van der Waals surface area contributed by atoms with E-state index in [1.807, 2.05) is 60.7 Å². The van der Waals surface area contributed by atoms with Crippen LogP contribution in [0.2, 0.25) is 0 Å². The highest BCUT2D eigenvalue weighted by molar-refractivity contribution is 5.92. The lowest BCUT2D eigenvalue weighted by Gasteiger charge is -2.08. The Hall–Kier alpha value is -4.85. The highest BCUT2D eigenvalue weighted by Gasteiger charge is 2.12. The number of benzene rings is 3. The average Bonchev–Trinajstić information content (AvgIpc) is 3.58. The molecular weight excluding hydrogens is 456 g/mol. The van der Waals surface area contributed by atoms with Crippen molar-refractivity contribution < 1.29 is 18.7 Å². The summed E-state index contributed by atoms with van der Waals surface area (Å²) in [5.74, 6) is 0.965. The van der Waals surface area contributed by atoms with Crippen molar-refractivity contribution in [3.63, 3.8) is 0 Å². The summed E-state index contributed by atoms with van der Waals surface area (Å²) in [6.45, 7) is 0.622. The second-order valence-corrected chi connectivity index (χ2v) is 8.20. The zero-order chi connectivity index (χ0) is 24.7. The fourth-order valence-corrected chi connectivity index (χ4v) is 3.76. The Bertz CT molecular complexity index is 1490. The summed E-state index contributed by atoms with van der Waals surface area (Å²) in [5.41, 5.74) is 1.48. The van der Waals surface area contributed by atoms with Crippen LogP contribution in [0.5, 0.6) is 5.75 Å². The molecular formula is C28H24N4O4. The standard InChI is InChI=1S/C28H24N4O4/c33-27(18-32-14-4-13-30-32)31-23-8-3-5-20(15-23)17-29-28(34)26-12-11-25(36-26)19-35-24-10-9-21-6-1-2-7-22(21)16-24/h1-16H,17-19H2,(H,29,34)(H,31,33). The largest absolute Gasteiger partial charge is 0.486 e. The minimum absolute atomic E-state index is 0.124. The number of furan rings is 1. The number of amides is 2. The topological polar surface area (TPSA) is 98.4 Å². The quantitative estimate of drug-likeness (QED) is 0.317. The first-order valence-electron chi connectivity index (χ1n) is 11.5. The average molecular weight is 481 g/mol. The molecule has 2 N–H and O–H groups in total. The Kier molecular flexibility index (Phi) is 6.75. The molecule has 5 rings (SSSR count). The van der Waals surface area contributed by atoms with E-state index in [-0.39, 0.29) is 37.3 Å². The third-order valence-electron chi connectivity index (χ3n) is 5.52. The first kappa shape index (κ1) is 22.9. The fraction of sp³-hybridized carbons (Fsp3) is 0.107. The number of nitrogens with one attached hydrogen (secondary N) is 2. The predicted molar refractivity (Wildman–Crippen MR) is 135 cm³/mol. The van der Waals surface area contributed by atoms with Crippen molar-refractivity contribution in [2.24, 2.45) is 0 Å². The lowest BCUT2D eigenvalue weighted by molar-refractivity contribution is -0.116. The minimum atomic E-state index is -0.333. The molecule has 3 aromatic carbocycles. The highest BCUT2D eigenvalue weighted by atomic mass is 16.5. The second-order valence-electron chi connectivity index (χ2n) is 8.20. The summed E-state index contributed by atoms with van der Waals surface area (Å²) in [4.78, 5) is 24.7. The molecule has 36 heavy (non-hydrogen) atoms. The number of rotatable bonds is 9. The van der Waals surface area contributed by atoms with Gasteiger partial charge in [-0.2, -0.15) is 5.10 Å². The van der Waals surface area contributed by atoms with E-state index in [1.165, 1.54) is 0 Å². The summed E-state index contributed by atoms with van der Waals surface area (Å²) < 4.78 is 13.0. The van der Waals surface area contributed by atoms with Gasteiger partial charge in [-0.3, -0.25) is 14.3 Å². The summed E-state index contributed by atoms with van der Waals surface area (Å²) in [6, 6.07) is 26.4. The Morgan fingerprint density at radius 2 is 1.81 bits per heavy atom. The van der Waals surface area contributed by atoms with Crippen molar-refractivity contribution in [1.82, 2.24) is 15.1 Å². The van der Waals surface area contributed by atoms with Gasteiger partial charge < -0.3 is 19.8 Å². The molecule has 180 valence electrons. The monoisotopic (exact) mass is 480 g/mol. The molecule has 8 heteroatoms. The number of carbonyl (C=O) groups is 2. The van der Waals surface area contributed by atoms with Gasteiger partial charge in [0.2, 0.25) is 5.91 Å². The van der Waals surface area contributed by atoms with E-state index in [1.54, 1.807) is 41.3 Å². The molecule has 2 amide bonds. The summed E-state index contributed by atoms with van der Waals surface area (Å²) in [5, 5.41) is 11.9. The Morgan fingerprint density at radius 3 is 2.67 bits per heavy atom. The van der Waals surface area contributed by atoms with Crippen molar-refractivity contribution in [1.29, 1.82) is 0 Å². The fourth-order valence-electron chi connectivity index (χ4n) is 3.76. The molecule has 0 aliphatic heterocycles. The van der Waals surface area contributed by atoms with E-state index in [9.17, 15) is 9.59 Å². The van der Waals surface area contributed by atoms with Crippen molar-refractivity contribution in [2.45, 2.75) is 19.7 Å². The van der Waals surface area contributed by atoms with Gasteiger partial charge in [-0.05, 0) is 58.8 Å². The van der Waals surface area contributed by atoms with Crippen LogP contribution < -0.4 is 15.4 Å². The van der Waals surface area contributed by atoms with Crippen LogP contribution in [0.3, 0.4) is 0 Å². The van der Waals surface area contributed by atoms with E-state index < -0.39 is 0 Å². The van der Waals surface area contributed by atoms with Gasteiger partial charge in [0.15, 0.2) is 5.76 Å². The van der Waals surface area contributed by atoms with Crippen molar-refractivity contribution in [3.05, 3.63) is 114 Å². The van der Waals surface area contributed by atoms with Gasteiger partial charge in [0.1, 0.15) is 24.7 Å². The van der Waals surface area contributed by atoms with Gasteiger partial charge in [-0.1, -0.05) is 42.5 Å². The second kappa shape index (κ2) is 10.6. The van der Waals surface area contributed by atoms with Gasteiger partial charge >= 0.3 is 0 Å². The highest BCUT2D eigenvalue weighted by Crippen LogP contribution is 2.22. The van der Waals surface area contributed by atoms with Crippen LogP contribution in [0.15, 0.2) is 102 Å². The van der Waals surface area contributed by atoms with Crippen molar-refractivity contribution in [3.8, 4) is 5.75 Å². The third kappa shape index (κ3) is 5.79. The van der Waals surface area contributed by atoms with E-state index in [0.717, 1.165) is 22.1 Å². The van der Waals surface area contributed by atoms with Crippen molar-refractivity contribution >= 4 is 28.3 Å². The van der Waals surface area contributed by atoms with E-state index in [0.29, 0.717) is 11.4 Å². The van der Waals surface area contributed by atoms with Crippen LogP contribution in [-0.4, -0.2) is 21.6 Å². The van der Waals surface area contributed by atoms with Crippen LogP contribution in [0.1, 0.15) is 21.9 Å². The molecule has 0 saturated heterocycles. The summed E-state index contributed by atoms with van der Waals surface area (Å²) in [6.07, 6.45) is 3.34. The maximum atomic E-state index is 12.6. The number of hydrogen-bond acceptors (Lipinski definition) is 5. The molecule has 0 bridgehead atoms. The Labute approximate surface area is 207 Å². The normalized spacial score (nSPS) is 10.8. The molecule has 0 fully saturated rings. The number of hydrogen-bond donors (Lipinski definition) is 2. The van der Waals surface area contributed by atoms with Crippen LogP contribution in [0, 0.1) is 0 Å². The SMILES string of the molecule is O=C(Cn1cccn1)Nc1cccc(CNC(=O)c2ccc(COc3ccc4ccccc4c3)o2)c1.